The van der Waals surface area contributed by atoms with Crippen LogP contribution in [0.15, 0.2) is 129 Å². The third-order valence-corrected chi connectivity index (χ3v) is 7.03. The Labute approximate surface area is 242 Å². The van der Waals surface area contributed by atoms with Gasteiger partial charge in [0, 0.05) is 33.2 Å². The lowest BCUT2D eigenvalue weighted by Gasteiger charge is -2.15. The quantitative estimate of drug-likeness (QED) is 0.113. The maximum atomic E-state index is 12.9. The zero-order valence-corrected chi connectivity index (χ0v) is 23.0. The first-order chi connectivity index (χ1) is 20.0. The smallest absolute Gasteiger partial charge is 0.307 e. The molecular formula is C32H21BrN4O4. The summed E-state index contributed by atoms with van der Waals surface area (Å²) in [4.78, 5) is 23.7. The lowest BCUT2D eigenvalue weighted by Crippen LogP contribution is -2.16. The molecule has 0 aliphatic heterocycles. The Morgan fingerprint density at radius 2 is 1.56 bits per heavy atom. The van der Waals surface area contributed by atoms with Crippen molar-refractivity contribution in [3.8, 4) is 28.2 Å². The molecule has 0 atom stereocenters. The van der Waals surface area contributed by atoms with E-state index in [-0.39, 0.29) is 11.4 Å². The van der Waals surface area contributed by atoms with E-state index in [0.29, 0.717) is 5.58 Å². The minimum absolute atomic E-state index is 0.00544. The maximum Gasteiger partial charge on any atom is 0.307 e. The number of fused-ring (bicyclic) bond motifs is 1. The Hall–Kier alpha value is -5.28. The number of nitrogens with zero attached hydrogens (tertiary/aromatic N) is 3. The number of nitrogens with one attached hydrogen (secondary N) is 1. The summed E-state index contributed by atoms with van der Waals surface area (Å²) in [5, 5.41) is 16.4. The van der Waals surface area contributed by atoms with Crippen LogP contribution in [0.4, 0.5) is 5.69 Å². The molecule has 0 spiro atoms. The van der Waals surface area contributed by atoms with Gasteiger partial charge in [-0.1, -0.05) is 76.6 Å². The molecule has 200 valence electrons. The highest BCUT2D eigenvalue weighted by Crippen LogP contribution is 2.36. The normalized spacial score (nSPS) is 11.2. The number of halogens is 1. The van der Waals surface area contributed by atoms with Crippen molar-refractivity contribution in [1.82, 2.24) is 9.99 Å². The molecule has 4 aromatic carbocycles. The molecule has 2 heterocycles. The molecule has 6 aromatic rings. The van der Waals surface area contributed by atoms with Crippen LogP contribution in [0.1, 0.15) is 16.1 Å². The summed E-state index contributed by atoms with van der Waals surface area (Å²) in [6.45, 7) is 0. The number of non-ortho nitro benzene ring substituents is 1. The van der Waals surface area contributed by atoms with Gasteiger partial charge in [-0.15, -0.1) is 0 Å². The van der Waals surface area contributed by atoms with Crippen LogP contribution in [0.25, 0.3) is 39.2 Å². The minimum Gasteiger partial charge on any atom is -0.451 e. The van der Waals surface area contributed by atoms with Gasteiger partial charge in [-0.2, -0.15) is 5.10 Å². The van der Waals surface area contributed by atoms with Gasteiger partial charge in [0.15, 0.2) is 5.76 Å². The van der Waals surface area contributed by atoms with E-state index >= 15 is 0 Å². The van der Waals surface area contributed by atoms with Crippen LogP contribution in [0.5, 0.6) is 0 Å². The van der Waals surface area contributed by atoms with Crippen LogP contribution in [-0.4, -0.2) is 21.6 Å². The maximum absolute atomic E-state index is 12.9. The molecule has 1 amide bonds. The van der Waals surface area contributed by atoms with Gasteiger partial charge >= 0.3 is 5.91 Å². The van der Waals surface area contributed by atoms with Crippen LogP contribution in [0.2, 0.25) is 0 Å². The Morgan fingerprint density at radius 1 is 0.878 bits per heavy atom. The van der Waals surface area contributed by atoms with Crippen molar-refractivity contribution in [2.45, 2.75) is 0 Å². The number of hydrogen-bond donors (Lipinski definition) is 1. The molecule has 1 N–H and O–H groups in total. The Morgan fingerprint density at radius 3 is 2.24 bits per heavy atom. The summed E-state index contributed by atoms with van der Waals surface area (Å²) in [5.74, 6) is -0.333. The van der Waals surface area contributed by atoms with E-state index in [1.54, 1.807) is 30.5 Å². The molecule has 8 nitrogen and oxygen atoms in total. The molecule has 0 radical (unpaired) electrons. The number of benzene rings is 4. The number of furan rings is 1. The fourth-order valence-corrected chi connectivity index (χ4v) is 5.05. The van der Waals surface area contributed by atoms with E-state index in [4.69, 9.17) is 4.42 Å². The molecule has 0 aliphatic rings. The monoisotopic (exact) mass is 604 g/mol. The van der Waals surface area contributed by atoms with Crippen molar-refractivity contribution < 1.29 is 14.1 Å². The van der Waals surface area contributed by atoms with E-state index in [0.717, 1.165) is 43.6 Å². The first-order valence-electron chi connectivity index (χ1n) is 12.6. The van der Waals surface area contributed by atoms with Gasteiger partial charge in [-0.25, -0.2) is 5.43 Å². The summed E-state index contributed by atoms with van der Waals surface area (Å²) >= 11 is 3.43. The SMILES string of the molecule is O=C(N/N=C\c1cc(-c2ccccc2)n(-c2ccc([N+](=O)[O-])cc2)c1-c1ccccc1)c1cc2cc(Br)ccc2o1. The van der Waals surface area contributed by atoms with Crippen molar-refractivity contribution >= 4 is 44.7 Å². The second kappa shape index (κ2) is 11.1. The van der Waals surface area contributed by atoms with Crippen LogP contribution < -0.4 is 5.43 Å². The van der Waals surface area contributed by atoms with Crippen LogP contribution in [-0.2, 0) is 0 Å². The number of carbonyl (C=O) groups is 1. The van der Waals surface area contributed by atoms with Gasteiger partial charge in [-0.05, 0) is 53.6 Å². The number of carbonyl (C=O) groups excluding carboxylic acids is 1. The number of hydrogen-bond acceptors (Lipinski definition) is 5. The first-order valence-corrected chi connectivity index (χ1v) is 13.4. The van der Waals surface area contributed by atoms with Crippen molar-refractivity contribution in [1.29, 1.82) is 0 Å². The van der Waals surface area contributed by atoms with Gasteiger partial charge in [0.05, 0.1) is 22.5 Å². The zero-order chi connectivity index (χ0) is 28.3. The molecule has 9 heteroatoms. The standard InChI is InChI=1S/C32H21BrN4O4/c33-25-11-16-29-23(17-25)19-30(41-29)32(38)35-34-20-24-18-28(21-7-3-1-4-8-21)36(31(24)22-9-5-2-6-10-22)26-12-14-27(15-13-26)37(39)40/h1-20H,(H,35,38)/b34-20-. The summed E-state index contributed by atoms with van der Waals surface area (Å²) in [5.41, 5.74) is 8.17. The summed E-state index contributed by atoms with van der Waals surface area (Å²) in [6.07, 6.45) is 1.59. The third-order valence-electron chi connectivity index (χ3n) is 6.54. The van der Waals surface area contributed by atoms with Crippen molar-refractivity contribution in [2.24, 2.45) is 5.10 Å². The van der Waals surface area contributed by atoms with Crippen LogP contribution in [0.3, 0.4) is 0 Å². The Balaban J connectivity index is 1.43. The average molecular weight is 605 g/mol. The summed E-state index contributed by atoms with van der Waals surface area (Å²) < 4.78 is 8.61. The van der Waals surface area contributed by atoms with Crippen molar-refractivity contribution in [3.63, 3.8) is 0 Å². The molecule has 0 unspecified atom stereocenters. The Kier molecular flexibility index (Phi) is 7.01. The van der Waals surface area contributed by atoms with E-state index in [1.165, 1.54) is 12.1 Å². The minimum atomic E-state index is -0.479. The molecule has 0 saturated heterocycles. The van der Waals surface area contributed by atoms with Crippen molar-refractivity contribution in [2.75, 3.05) is 0 Å². The number of rotatable bonds is 7. The van der Waals surface area contributed by atoms with E-state index < -0.39 is 10.8 Å². The van der Waals surface area contributed by atoms with Crippen LogP contribution in [0, 0.1) is 10.1 Å². The number of hydrazone groups is 1. The fourth-order valence-electron chi connectivity index (χ4n) is 4.67. The Bertz CT molecular complexity index is 1910. The fraction of sp³-hybridized carbons (Fsp3) is 0. The molecule has 0 fully saturated rings. The first kappa shape index (κ1) is 26.0. The predicted octanol–water partition coefficient (Wildman–Crippen LogP) is 7.99. The number of amides is 1. The van der Waals surface area contributed by atoms with Gasteiger partial charge in [0.1, 0.15) is 5.58 Å². The molecule has 2 aromatic heterocycles. The van der Waals surface area contributed by atoms with Crippen molar-refractivity contribution in [3.05, 3.63) is 141 Å². The van der Waals surface area contributed by atoms with Crippen LogP contribution >= 0.6 is 15.9 Å². The van der Waals surface area contributed by atoms with Gasteiger partial charge < -0.3 is 8.98 Å². The lowest BCUT2D eigenvalue weighted by atomic mass is 10.1. The largest absolute Gasteiger partial charge is 0.451 e. The van der Waals surface area contributed by atoms with E-state index in [9.17, 15) is 14.9 Å². The summed E-state index contributed by atoms with van der Waals surface area (Å²) in [7, 11) is 0. The molecule has 6 rings (SSSR count). The van der Waals surface area contributed by atoms with E-state index in [2.05, 4.69) is 26.5 Å². The lowest BCUT2D eigenvalue weighted by molar-refractivity contribution is -0.384. The molecule has 0 saturated carbocycles. The number of nitro benzene ring substituents is 1. The summed E-state index contributed by atoms with van der Waals surface area (Å²) in [6, 6.07) is 35.2. The van der Waals surface area contributed by atoms with Gasteiger partial charge in [0.2, 0.25) is 0 Å². The average Bonchev–Trinajstić information content (AvgIpc) is 3.60. The van der Waals surface area contributed by atoms with E-state index in [1.807, 2.05) is 83.4 Å². The molecule has 0 bridgehead atoms. The second-order valence-corrected chi connectivity index (χ2v) is 10.1. The molecular weight excluding hydrogens is 584 g/mol. The predicted molar refractivity (Wildman–Crippen MR) is 162 cm³/mol. The second-order valence-electron chi connectivity index (χ2n) is 9.17. The third kappa shape index (κ3) is 5.30. The molecule has 0 aliphatic carbocycles. The number of nitro groups is 1. The highest BCUT2D eigenvalue weighted by Gasteiger charge is 2.20. The highest BCUT2D eigenvalue weighted by molar-refractivity contribution is 9.10. The topological polar surface area (TPSA) is 103 Å². The zero-order valence-electron chi connectivity index (χ0n) is 21.4. The van der Waals surface area contributed by atoms with Gasteiger partial charge in [0.25, 0.3) is 5.69 Å². The highest BCUT2D eigenvalue weighted by atomic mass is 79.9. The molecule has 41 heavy (non-hydrogen) atoms. The van der Waals surface area contributed by atoms with Gasteiger partial charge in [-0.3, -0.25) is 14.9 Å². The number of aromatic nitrogens is 1.